The third-order valence-corrected chi connectivity index (χ3v) is 5.20. The highest BCUT2D eigenvalue weighted by molar-refractivity contribution is 7.89. The lowest BCUT2D eigenvalue weighted by Crippen LogP contribution is -2.39. The minimum absolute atomic E-state index is 0.0104. The smallest absolute Gasteiger partial charge is 0.241 e. The van der Waals surface area contributed by atoms with E-state index in [1.165, 1.54) is 12.1 Å². The van der Waals surface area contributed by atoms with Gasteiger partial charge in [-0.2, -0.15) is 15.0 Å². The first kappa shape index (κ1) is 16.5. The molecule has 0 spiro atoms. The van der Waals surface area contributed by atoms with Crippen molar-refractivity contribution in [1.82, 2.24) is 24.6 Å². The molecular formula is C14H16FN5O3S. The van der Waals surface area contributed by atoms with E-state index in [9.17, 15) is 17.6 Å². The summed E-state index contributed by atoms with van der Waals surface area (Å²) in [6, 6.07) is 4.61. The number of benzene rings is 1. The zero-order valence-electron chi connectivity index (χ0n) is 12.7. The number of likely N-dealkylation sites (tertiary alicyclic amines) is 1. The van der Waals surface area contributed by atoms with Crippen molar-refractivity contribution in [2.24, 2.45) is 0 Å². The average Bonchev–Trinajstić information content (AvgIpc) is 3.23. The molecule has 1 N–H and O–H groups in total. The molecule has 3 rings (SSSR count). The number of hydrogen-bond acceptors (Lipinski definition) is 5. The van der Waals surface area contributed by atoms with Gasteiger partial charge < -0.3 is 4.90 Å². The number of nitrogens with one attached hydrogen (secondary N) is 1. The van der Waals surface area contributed by atoms with Crippen molar-refractivity contribution < 1.29 is 17.6 Å². The summed E-state index contributed by atoms with van der Waals surface area (Å²) in [4.78, 5) is 15.1. The summed E-state index contributed by atoms with van der Waals surface area (Å²) in [7, 11) is -3.93. The molecule has 2 heterocycles. The summed E-state index contributed by atoms with van der Waals surface area (Å²) in [5.74, 6) is -0.997. The maximum absolute atomic E-state index is 13.1. The molecule has 1 atom stereocenters. The quantitative estimate of drug-likeness (QED) is 0.826. The predicted octanol–water partition coefficient (Wildman–Crippen LogP) is 0.169. The lowest BCUT2D eigenvalue weighted by atomic mass is 10.3. The second-order valence-corrected chi connectivity index (χ2v) is 7.18. The highest BCUT2D eigenvalue weighted by Crippen LogP contribution is 2.19. The third kappa shape index (κ3) is 3.60. The van der Waals surface area contributed by atoms with Crippen LogP contribution in [0.25, 0.3) is 0 Å². The normalized spacial score (nSPS) is 18.0. The number of carbonyl (C=O) groups is 1. The van der Waals surface area contributed by atoms with E-state index in [0.717, 1.165) is 12.1 Å². The molecule has 24 heavy (non-hydrogen) atoms. The van der Waals surface area contributed by atoms with Crippen LogP contribution in [0.4, 0.5) is 4.39 Å². The van der Waals surface area contributed by atoms with E-state index in [4.69, 9.17) is 0 Å². The van der Waals surface area contributed by atoms with Crippen LogP contribution in [0.5, 0.6) is 0 Å². The Morgan fingerprint density at radius 3 is 2.79 bits per heavy atom. The van der Waals surface area contributed by atoms with Crippen molar-refractivity contribution in [3.05, 3.63) is 42.5 Å². The Kier molecular flexibility index (Phi) is 4.58. The van der Waals surface area contributed by atoms with Crippen LogP contribution in [0.2, 0.25) is 0 Å². The fourth-order valence-electron chi connectivity index (χ4n) is 2.56. The average molecular weight is 353 g/mol. The van der Waals surface area contributed by atoms with Gasteiger partial charge in [-0.15, -0.1) is 0 Å². The fourth-order valence-corrected chi connectivity index (χ4v) is 3.56. The molecule has 0 saturated carbocycles. The second-order valence-electron chi connectivity index (χ2n) is 5.41. The monoisotopic (exact) mass is 353 g/mol. The van der Waals surface area contributed by atoms with Crippen molar-refractivity contribution in [1.29, 1.82) is 0 Å². The molecule has 1 fully saturated rings. The van der Waals surface area contributed by atoms with Crippen LogP contribution in [0.3, 0.4) is 0 Å². The van der Waals surface area contributed by atoms with Crippen LogP contribution >= 0.6 is 0 Å². The summed E-state index contributed by atoms with van der Waals surface area (Å²) >= 11 is 0. The molecule has 0 bridgehead atoms. The molecular weight excluding hydrogens is 337 g/mol. The molecule has 8 nitrogen and oxygen atoms in total. The number of rotatable bonds is 5. The van der Waals surface area contributed by atoms with E-state index >= 15 is 0 Å². The van der Waals surface area contributed by atoms with Gasteiger partial charge in [0.2, 0.25) is 15.9 Å². The summed E-state index contributed by atoms with van der Waals surface area (Å²) in [6.07, 6.45) is 3.84. The van der Waals surface area contributed by atoms with Gasteiger partial charge in [0.05, 0.1) is 29.9 Å². The Labute approximate surface area is 138 Å². The third-order valence-electron chi connectivity index (χ3n) is 3.80. The SMILES string of the molecule is O=C(CNS(=O)(=O)c1cccc(F)c1)N1CCC(n2nccn2)C1. The van der Waals surface area contributed by atoms with Crippen LogP contribution in [0.1, 0.15) is 12.5 Å². The fraction of sp³-hybridized carbons (Fsp3) is 0.357. The minimum atomic E-state index is -3.93. The van der Waals surface area contributed by atoms with Gasteiger partial charge in [-0.05, 0) is 24.6 Å². The largest absolute Gasteiger partial charge is 0.339 e. The first-order valence-electron chi connectivity index (χ1n) is 7.34. The Morgan fingerprint density at radius 2 is 2.08 bits per heavy atom. The molecule has 1 aromatic heterocycles. The second kappa shape index (κ2) is 6.65. The predicted molar refractivity (Wildman–Crippen MR) is 81.8 cm³/mol. The van der Waals surface area contributed by atoms with Crippen LogP contribution in [-0.4, -0.2) is 53.9 Å². The van der Waals surface area contributed by atoms with E-state index in [0.29, 0.717) is 19.5 Å². The van der Waals surface area contributed by atoms with Gasteiger partial charge >= 0.3 is 0 Å². The minimum Gasteiger partial charge on any atom is -0.339 e. The number of hydrogen-bond donors (Lipinski definition) is 1. The number of sulfonamides is 1. The van der Waals surface area contributed by atoms with Crippen molar-refractivity contribution in [2.45, 2.75) is 17.4 Å². The molecule has 1 aliphatic rings. The summed E-state index contributed by atoms with van der Waals surface area (Å²) in [5.41, 5.74) is 0. The van der Waals surface area contributed by atoms with Gasteiger partial charge in [0.1, 0.15) is 5.82 Å². The van der Waals surface area contributed by atoms with Crippen LogP contribution in [0, 0.1) is 5.82 Å². The Bertz CT molecular complexity index is 825. The first-order chi connectivity index (χ1) is 11.5. The molecule has 0 aliphatic carbocycles. The lowest BCUT2D eigenvalue weighted by Gasteiger charge is -2.16. The first-order valence-corrected chi connectivity index (χ1v) is 8.83. The van der Waals surface area contributed by atoms with E-state index in [-0.39, 0.29) is 23.4 Å². The molecule has 1 unspecified atom stereocenters. The molecule has 128 valence electrons. The van der Waals surface area contributed by atoms with Gasteiger partial charge in [-0.25, -0.2) is 17.5 Å². The standard InChI is InChI=1S/C14H16FN5O3S/c15-11-2-1-3-13(8-11)24(22,23)18-9-14(21)19-7-4-12(10-19)20-16-5-6-17-20/h1-3,5-6,8,12,18H,4,7,9-10H2. The van der Waals surface area contributed by atoms with E-state index in [2.05, 4.69) is 14.9 Å². The zero-order chi connectivity index (χ0) is 17.2. The highest BCUT2D eigenvalue weighted by atomic mass is 32.2. The molecule has 0 radical (unpaired) electrons. The Balaban J connectivity index is 1.58. The molecule has 1 amide bonds. The van der Waals surface area contributed by atoms with Crippen molar-refractivity contribution in [2.75, 3.05) is 19.6 Å². The van der Waals surface area contributed by atoms with Crippen LogP contribution in [-0.2, 0) is 14.8 Å². The van der Waals surface area contributed by atoms with E-state index < -0.39 is 15.8 Å². The molecule has 1 aliphatic heterocycles. The lowest BCUT2D eigenvalue weighted by molar-refractivity contribution is -0.129. The number of carbonyl (C=O) groups excluding carboxylic acids is 1. The summed E-state index contributed by atoms with van der Waals surface area (Å²) in [6.45, 7) is 0.556. The number of halogens is 1. The van der Waals surface area contributed by atoms with Gasteiger partial charge in [-0.1, -0.05) is 6.07 Å². The van der Waals surface area contributed by atoms with E-state index in [1.54, 1.807) is 22.1 Å². The number of aromatic nitrogens is 3. The zero-order valence-corrected chi connectivity index (χ0v) is 13.5. The summed E-state index contributed by atoms with van der Waals surface area (Å²) in [5, 5.41) is 8.09. The van der Waals surface area contributed by atoms with Gasteiger partial charge in [-0.3, -0.25) is 4.79 Å². The molecule has 2 aromatic rings. The van der Waals surface area contributed by atoms with Gasteiger partial charge in [0.25, 0.3) is 0 Å². The van der Waals surface area contributed by atoms with Gasteiger partial charge in [0, 0.05) is 13.1 Å². The molecule has 1 saturated heterocycles. The number of amides is 1. The van der Waals surface area contributed by atoms with E-state index in [1.807, 2.05) is 0 Å². The maximum Gasteiger partial charge on any atom is 0.241 e. The number of nitrogens with zero attached hydrogens (tertiary/aromatic N) is 4. The Hall–Kier alpha value is -2.33. The van der Waals surface area contributed by atoms with Gasteiger partial charge in [0.15, 0.2) is 0 Å². The van der Waals surface area contributed by atoms with Crippen LogP contribution < -0.4 is 4.72 Å². The van der Waals surface area contributed by atoms with Crippen LogP contribution in [0.15, 0.2) is 41.6 Å². The van der Waals surface area contributed by atoms with Crippen molar-refractivity contribution in [3.63, 3.8) is 0 Å². The van der Waals surface area contributed by atoms with Crippen molar-refractivity contribution in [3.8, 4) is 0 Å². The topological polar surface area (TPSA) is 97.2 Å². The maximum atomic E-state index is 13.1. The molecule has 10 heteroatoms. The summed E-state index contributed by atoms with van der Waals surface area (Å²) < 4.78 is 39.5. The highest BCUT2D eigenvalue weighted by Gasteiger charge is 2.29. The Morgan fingerprint density at radius 1 is 1.33 bits per heavy atom. The van der Waals surface area contributed by atoms with Crippen molar-refractivity contribution >= 4 is 15.9 Å². The molecule has 1 aromatic carbocycles.